The van der Waals surface area contributed by atoms with Crippen molar-refractivity contribution in [2.75, 3.05) is 33.3 Å². The molecule has 1 aliphatic rings. The molecule has 1 aromatic rings. The Hall–Kier alpha value is -1.26. The van der Waals surface area contributed by atoms with Crippen LogP contribution in [0, 0.1) is 12.8 Å². The average molecular weight is 313 g/mol. The molecule has 1 fully saturated rings. The van der Waals surface area contributed by atoms with Crippen molar-refractivity contribution in [1.82, 2.24) is 10.2 Å². The number of ether oxygens (including phenoxy) is 1. The van der Waals surface area contributed by atoms with Crippen molar-refractivity contribution in [3.63, 3.8) is 0 Å². The minimum absolute atomic E-state index is 0. The summed E-state index contributed by atoms with van der Waals surface area (Å²) < 4.78 is 5.74. The first-order valence-electron chi connectivity index (χ1n) is 7.32. The van der Waals surface area contributed by atoms with Gasteiger partial charge in [0.1, 0.15) is 12.4 Å². The van der Waals surface area contributed by atoms with Gasteiger partial charge in [0.15, 0.2) is 0 Å². The van der Waals surface area contributed by atoms with Crippen LogP contribution in [0.3, 0.4) is 0 Å². The Morgan fingerprint density at radius 2 is 2.19 bits per heavy atom. The largest absolute Gasteiger partial charge is 0.491 e. The minimum atomic E-state index is 0. The molecule has 0 aromatic heterocycles. The highest BCUT2D eigenvalue weighted by atomic mass is 35.5. The van der Waals surface area contributed by atoms with E-state index in [0.29, 0.717) is 13.2 Å². The Bertz CT molecular complexity index is 448. The number of hydrogen-bond donors (Lipinski definition) is 1. The van der Waals surface area contributed by atoms with Crippen molar-refractivity contribution < 1.29 is 9.53 Å². The number of nitrogens with zero attached hydrogens (tertiary/aromatic N) is 1. The number of para-hydroxylation sites is 1. The van der Waals surface area contributed by atoms with Crippen LogP contribution in [0.15, 0.2) is 24.3 Å². The fourth-order valence-corrected chi connectivity index (χ4v) is 2.50. The average Bonchev–Trinajstić information content (AvgIpc) is 2.49. The Morgan fingerprint density at radius 1 is 1.43 bits per heavy atom. The van der Waals surface area contributed by atoms with Crippen molar-refractivity contribution in [3.05, 3.63) is 29.8 Å². The number of amides is 1. The lowest BCUT2D eigenvalue weighted by Gasteiger charge is -2.27. The van der Waals surface area contributed by atoms with Crippen LogP contribution in [-0.4, -0.2) is 44.1 Å². The van der Waals surface area contributed by atoms with Gasteiger partial charge in [-0.05, 0) is 37.9 Å². The SMILES string of the molecule is Cc1ccccc1OCCN(C)C(=O)C1CCCNC1.Cl. The van der Waals surface area contributed by atoms with E-state index in [0.717, 1.165) is 37.2 Å². The molecule has 1 unspecified atom stereocenters. The molecular formula is C16H25ClN2O2. The number of rotatable bonds is 5. The van der Waals surface area contributed by atoms with Crippen LogP contribution in [-0.2, 0) is 4.79 Å². The van der Waals surface area contributed by atoms with E-state index in [2.05, 4.69) is 5.32 Å². The number of nitrogens with one attached hydrogen (secondary N) is 1. The number of halogens is 1. The molecule has 1 aromatic carbocycles. The molecular weight excluding hydrogens is 288 g/mol. The van der Waals surface area contributed by atoms with Crippen molar-refractivity contribution in [2.24, 2.45) is 5.92 Å². The lowest BCUT2D eigenvalue weighted by Crippen LogP contribution is -2.42. The van der Waals surface area contributed by atoms with E-state index in [9.17, 15) is 4.79 Å². The highest BCUT2D eigenvalue weighted by Gasteiger charge is 2.23. The molecule has 118 valence electrons. The standard InChI is InChI=1S/C16H24N2O2.ClH/c1-13-6-3-4-8-15(13)20-11-10-18(2)16(19)14-7-5-9-17-12-14;/h3-4,6,8,14,17H,5,7,9-12H2,1-2H3;1H. The molecule has 1 heterocycles. The lowest BCUT2D eigenvalue weighted by atomic mass is 9.98. The van der Waals surface area contributed by atoms with Crippen LogP contribution in [0.1, 0.15) is 18.4 Å². The second-order valence-corrected chi connectivity index (χ2v) is 5.42. The molecule has 2 rings (SSSR count). The van der Waals surface area contributed by atoms with Crippen LogP contribution in [0.5, 0.6) is 5.75 Å². The monoisotopic (exact) mass is 312 g/mol. The predicted molar refractivity (Wildman–Crippen MR) is 87.2 cm³/mol. The molecule has 1 N–H and O–H groups in total. The normalized spacial score (nSPS) is 17.7. The molecule has 1 aliphatic heterocycles. The number of carbonyl (C=O) groups excluding carboxylic acids is 1. The van der Waals surface area contributed by atoms with Crippen LogP contribution < -0.4 is 10.1 Å². The van der Waals surface area contributed by atoms with Gasteiger partial charge in [0, 0.05) is 13.6 Å². The molecule has 1 amide bonds. The van der Waals surface area contributed by atoms with Gasteiger partial charge in [-0.2, -0.15) is 0 Å². The van der Waals surface area contributed by atoms with Gasteiger partial charge in [0.2, 0.25) is 5.91 Å². The van der Waals surface area contributed by atoms with Gasteiger partial charge in [0.05, 0.1) is 12.5 Å². The highest BCUT2D eigenvalue weighted by molar-refractivity contribution is 5.85. The van der Waals surface area contributed by atoms with E-state index in [1.54, 1.807) is 4.90 Å². The number of carbonyl (C=O) groups is 1. The molecule has 0 aliphatic carbocycles. The third-order valence-electron chi connectivity index (χ3n) is 3.80. The first-order chi connectivity index (χ1) is 9.68. The molecule has 1 saturated heterocycles. The van der Waals surface area contributed by atoms with Crippen LogP contribution in [0.25, 0.3) is 0 Å². The van der Waals surface area contributed by atoms with Gasteiger partial charge in [-0.1, -0.05) is 18.2 Å². The van der Waals surface area contributed by atoms with Crippen LogP contribution in [0.2, 0.25) is 0 Å². The molecule has 0 saturated carbocycles. The van der Waals surface area contributed by atoms with E-state index < -0.39 is 0 Å². The summed E-state index contributed by atoms with van der Waals surface area (Å²) in [6, 6.07) is 7.94. The van der Waals surface area contributed by atoms with E-state index in [-0.39, 0.29) is 24.2 Å². The maximum Gasteiger partial charge on any atom is 0.226 e. The van der Waals surface area contributed by atoms with Crippen LogP contribution in [0.4, 0.5) is 0 Å². The zero-order valence-corrected chi connectivity index (χ0v) is 13.6. The zero-order valence-electron chi connectivity index (χ0n) is 12.8. The molecule has 1 atom stereocenters. The van der Waals surface area contributed by atoms with Gasteiger partial charge >= 0.3 is 0 Å². The number of likely N-dealkylation sites (N-methyl/N-ethyl adjacent to an activating group) is 1. The maximum absolute atomic E-state index is 12.2. The molecule has 4 nitrogen and oxygen atoms in total. The summed E-state index contributed by atoms with van der Waals surface area (Å²) in [7, 11) is 1.86. The molecule has 21 heavy (non-hydrogen) atoms. The van der Waals surface area contributed by atoms with Crippen molar-refractivity contribution >= 4 is 18.3 Å². The first kappa shape index (κ1) is 17.8. The third-order valence-corrected chi connectivity index (χ3v) is 3.80. The summed E-state index contributed by atoms with van der Waals surface area (Å²) in [5.74, 6) is 1.26. The molecule has 0 radical (unpaired) electrons. The fourth-order valence-electron chi connectivity index (χ4n) is 2.50. The zero-order chi connectivity index (χ0) is 14.4. The van der Waals surface area contributed by atoms with E-state index >= 15 is 0 Å². The van der Waals surface area contributed by atoms with Gasteiger partial charge in [-0.3, -0.25) is 4.79 Å². The second-order valence-electron chi connectivity index (χ2n) is 5.42. The first-order valence-corrected chi connectivity index (χ1v) is 7.32. The lowest BCUT2D eigenvalue weighted by molar-refractivity contribution is -0.135. The number of hydrogen-bond acceptors (Lipinski definition) is 3. The van der Waals surface area contributed by atoms with E-state index in [1.165, 1.54) is 0 Å². The van der Waals surface area contributed by atoms with Crippen molar-refractivity contribution in [2.45, 2.75) is 19.8 Å². The molecule has 5 heteroatoms. The van der Waals surface area contributed by atoms with E-state index in [4.69, 9.17) is 4.74 Å². The summed E-state index contributed by atoms with van der Waals surface area (Å²) in [5, 5.41) is 3.28. The summed E-state index contributed by atoms with van der Waals surface area (Å²) in [6.45, 7) is 5.03. The number of aryl methyl sites for hydroxylation is 1. The fraction of sp³-hybridized carbons (Fsp3) is 0.562. The quantitative estimate of drug-likeness (QED) is 0.907. The molecule has 0 spiro atoms. The second kappa shape index (κ2) is 8.90. The number of piperidine rings is 1. The van der Waals surface area contributed by atoms with Crippen molar-refractivity contribution in [1.29, 1.82) is 0 Å². The van der Waals surface area contributed by atoms with Gasteiger partial charge in [-0.15, -0.1) is 12.4 Å². The smallest absolute Gasteiger partial charge is 0.226 e. The van der Waals surface area contributed by atoms with Crippen molar-refractivity contribution in [3.8, 4) is 5.75 Å². The van der Waals surface area contributed by atoms with Gasteiger partial charge < -0.3 is 15.0 Å². The Kier molecular flexibility index (Phi) is 7.54. The van der Waals surface area contributed by atoms with Gasteiger partial charge in [-0.25, -0.2) is 0 Å². The third kappa shape index (κ3) is 5.21. The summed E-state index contributed by atoms with van der Waals surface area (Å²) in [5.41, 5.74) is 1.12. The molecule has 0 bridgehead atoms. The Balaban J connectivity index is 0.00000220. The topological polar surface area (TPSA) is 41.6 Å². The summed E-state index contributed by atoms with van der Waals surface area (Å²) in [4.78, 5) is 14.0. The summed E-state index contributed by atoms with van der Waals surface area (Å²) >= 11 is 0. The summed E-state index contributed by atoms with van der Waals surface area (Å²) in [6.07, 6.45) is 2.08. The Morgan fingerprint density at radius 3 is 2.86 bits per heavy atom. The van der Waals surface area contributed by atoms with E-state index in [1.807, 2.05) is 38.2 Å². The van der Waals surface area contributed by atoms with Crippen LogP contribution >= 0.6 is 12.4 Å². The predicted octanol–water partition coefficient (Wildman–Crippen LogP) is 2.25. The number of benzene rings is 1. The highest BCUT2D eigenvalue weighted by Crippen LogP contribution is 2.16. The maximum atomic E-state index is 12.2. The van der Waals surface area contributed by atoms with Gasteiger partial charge in [0.25, 0.3) is 0 Å². The minimum Gasteiger partial charge on any atom is -0.491 e. The Labute approximate surface area is 133 Å².